The average Bonchev–Trinajstić information content (AvgIpc) is 3.49. The quantitative estimate of drug-likeness (QED) is 0.0180. The molecule has 6 aromatic carbocycles. The van der Waals surface area contributed by atoms with Crippen LogP contribution in [0.3, 0.4) is 0 Å². The molecule has 12 heteroatoms. The molecule has 0 aliphatic carbocycles. The molecule has 2 aliphatic heterocycles. The molecule has 2 aliphatic rings. The zero-order valence-electron chi connectivity index (χ0n) is 45.9. The summed E-state index contributed by atoms with van der Waals surface area (Å²) >= 11 is 0. The van der Waals surface area contributed by atoms with Crippen LogP contribution in [-0.2, 0) is 13.1 Å². The van der Waals surface area contributed by atoms with Crippen LogP contribution in [0.2, 0.25) is 0 Å². The Kier molecular flexibility index (Phi) is 22.8. The summed E-state index contributed by atoms with van der Waals surface area (Å²) in [6.45, 7) is 10.6. The first-order valence-electron chi connectivity index (χ1n) is 28.5. The molecule has 0 bridgehead atoms. The van der Waals surface area contributed by atoms with Gasteiger partial charge >= 0.3 is 11.9 Å². The minimum atomic E-state index is -0.409. The number of rotatable bonds is 31. The summed E-state index contributed by atoms with van der Waals surface area (Å²) in [6.07, 6.45) is 22.6. The van der Waals surface area contributed by atoms with Crippen molar-refractivity contribution in [1.82, 2.24) is 9.80 Å². The smallest absolute Gasteiger partial charge is 0.343 e. The highest BCUT2D eigenvalue weighted by atomic mass is 16.5. The van der Waals surface area contributed by atoms with Crippen molar-refractivity contribution in [2.75, 3.05) is 39.8 Å². The molecular formula is C66H78N4O8. The molecule has 0 atom stereocenters. The number of benzene rings is 6. The maximum atomic E-state index is 12.8. The average molecular weight is 1060 g/mol. The van der Waals surface area contributed by atoms with Gasteiger partial charge in [-0.3, -0.25) is 19.8 Å². The van der Waals surface area contributed by atoms with Crippen molar-refractivity contribution in [2.45, 2.75) is 130 Å². The Bertz CT molecular complexity index is 2640. The largest absolute Gasteiger partial charge is 0.494 e. The maximum Gasteiger partial charge on any atom is 0.343 e. The van der Waals surface area contributed by atoms with E-state index in [0.717, 1.165) is 108 Å². The second kappa shape index (κ2) is 31.2. The monoisotopic (exact) mass is 1050 g/mol. The molecule has 0 amide bonds. The van der Waals surface area contributed by atoms with E-state index in [0.29, 0.717) is 49.3 Å². The number of fused-ring (bicyclic) bond motifs is 2. The third-order valence-electron chi connectivity index (χ3n) is 14.0. The molecule has 2 heterocycles. The van der Waals surface area contributed by atoms with Gasteiger partial charge in [-0.1, -0.05) is 90.9 Å². The zero-order chi connectivity index (χ0) is 54.0. The molecule has 78 heavy (non-hydrogen) atoms. The molecule has 0 aromatic heterocycles. The molecule has 410 valence electrons. The maximum absolute atomic E-state index is 12.8. The third kappa shape index (κ3) is 18.7. The first-order valence-corrected chi connectivity index (χ1v) is 28.5. The molecule has 0 saturated carbocycles. The number of unbranched alkanes of at least 4 members (excludes halogenated alkanes) is 13. The molecule has 8 rings (SSSR count). The van der Waals surface area contributed by atoms with Gasteiger partial charge in [-0.2, -0.15) is 0 Å². The fourth-order valence-corrected chi connectivity index (χ4v) is 9.42. The summed E-state index contributed by atoms with van der Waals surface area (Å²) in [7, 11) is 0. The van der Waals surface area contributed by atoms with Crippen LogP contribution in [0.5, 0.6) is 34.5 Å². The highest BCUT2D eigenvalue weighted by Gasteiger charge is 2.19. The SMILES string of the molecule is CCCCCCCOc1ccc(C(=O)Oc2ccc(C=Nc3ccc4c(c3)CN(CCCCCCCCN3COc5ccc(N=Cc6ccc(OC(=O)c7ccc(OCCCCCCC)cc7)cc6)cc5C3)CO4)cc2)cc1. The predicted octanol–water partition coefficient (Wildman–Crippen LogP) is 15.7. The standard InChI is InChI=1S/C66H78N4O8/c1-3-5-7-13-17-41-73-59-33-23-53(24-34-59)65(71)77-61-29-19-51(20-30-61)45-67-57-27-37-63-55(43-57)47-69(49-75-63)39-15-11-9-10-12-16-40-70-48-56-44-58(28-38-64(56)76-50-70)68-46-52-21-31-62(32-22-52)78-66(72)54-25-35-60(36-26-54)74-42-18-14-8-6-4-2/h19-38,43-46H,3-18,39-42,47-50H2,1-2H3. The first-order chi connectivity index (χ1) is 38.4. The lowest BCUT2D eigenvalue weighted by molar-refractivity contribution is 0.0725. The van der Waals surface area contributed by atoms with Crippen LogP contribution in [0.4, 0.5) is 11.4 Å². The van der Waals surface area contributed by atoms with E-state index in [1.54, 1.807) is 48.5 Å². The van der Waals surface area contributed by atoms with Crippen LogP contribution < -0.4 is 28.4 Å². The summed E-state index contributed by atoms with van der Waals surface area (Å²) in [5, 5.41) is 0. The van der Waals surface area contributed by atoms with E-state index >= 15 is 0 Å². The molecule has 0 N–H and O–H groups in total. The summed E-state index contributed by atoms with van der Waals surface area (Å²) in [5.74, 6) is 3.48. The summed E-state index contributed by atoms with van der Waals surface area (Å²) in [5.41, 5.74) is 6.77. The molecule has 0 saturated heterocycles. The minimum absolute atomic E-state index is 0.409. The number of hydrogen-bond donors (Lipinski definition) is 0. The Balaban J connectivity index is 0.676. The van der Waals surface area contributed by atoms with E-state index in [2.05, 4.69) is 35.8 Å². The van der Waals surface area contributed by atoms with E-state index in [1.807, 2.05) is 85.2 Å². The molecule has 12 nitrogen and oxygen atoms in total. The first kappa shape index (κ1) is 56.9. The number of aliphatic imine (C=N–C) groups is 2. The Morgan fingerprint density at radius 3 is 1.23 bits per heavy atom. The number of ether oxygens (including phenoxy) is 6. The fraction of sp³-hybridized carbons (Fsp3) is 0.394. The predicted molar refractivity (Wildman–Crippen MR) is 311 cm³/mol. The number of carbonyl (C=O) groups excluding carboxylic acids is 2. The Morgan fingerprint density at radius 1 is 0.449 bits per heavy atom. The summed E-state index contributed by atoms with van der Waals surface area (Å²) in [4.78, 5) is 39.8. The topological polar surface area (TPSA) is 121 Å². The molecular weight excluding hydrogens is 977 g/mol. The van der Waals surface area contributed by atoms with Crippen LogP contribution in [-0.4, -0.2) is 73.9 Å². The van der Waals surface area contributed by atoms with Crippen LogP contribution >= 0.6 is 0 Å². The van der Waals surface area contributed by atoms with Crippen molar-refractivity contribution in [1.29, 1.82) is 0 Å². The minimum Gasteiger partial charge on any atom is -0.494 e. The molecule has 6 aromatic rings. The highest BCUT2D eigenvalue weighted by Crippen LogP contribution is 2.31. The van der Waals surface area contributed by atoms with Crippen LogP contribution in [0.1, 0.15) is 160 Å². The van der Waals surface area contributed by atoms with Gasteiger partial charge in [0.25, 0.3) is 0 Å². The van der Waals surface area contributed by atoms with Gasteiger partial charge in [0.1, 0.15) is 48.0 Å². The van der Waals surface area contributed by atoms with E-state index in [-0.39, 0.29) is 0 Å². The number of nitrogens with zero attached hydrogens (tertiary/aromatic N) is 4. The normalized spacial score (nSPS) is 13.4. The van der Waals surface area contributed by atoms with Crippen molar-refractivity contribution >= 4 is 35.7 Å². The molecule has 0 unspecified atom stereocenters. The van der Waals surface area contributed by atoms with Gasteiger partial charge in [0.2, 0.25) is 0 Å². The van der Waals surface area contributed by atoms with Crippen LogP contribution in [0.25, 0.3) is 0 Å². The van der Waals surface area contributed by atoms with E-state index in [1.165, 1.54) is 77.0 Å². The van der Waals surface area contributed by atoms with Crippen molar-refractivity contribution in [3.63, 3.8) is 0 Å². The zero-order valence-corrected chi connectivity index (χ0v) is 45.9. The van der Waals surface area contributed by atoms with Crippen molar-refractivity contribution < 1.29 is 38.0 Å². The van der Waals surface area contributed by atoms with Gasteiger partial charge in [-0.05, 0) is 170 Å². The van der Waals surface area contributed by atoms with Gasteiger partial charge in [0.05, 0.1) is 35.7 Å². The van der Waals surface area contributed by atoms with E-state index in [9.17, 15) is 9.59 Å². The Morgan fingerprint density at radius 2 is 0.821 bits per heavy atom. The highest BCUT2D eigenvalue weighted by molar-refractivity contribution is 5.92. The summed E-state index contributed by atoms with van der Waals surface area (Å²) < 4.78 is 35.2. The summed E-state index contributed by atoms with van der Waals surface area (Å²) in [6, 6.07) is 41.2. The molecule has 0 spiro atoms. The fourth-order valence-electron chi connectivity index (χ4n) is 9.42. The Labute approximate surface area is 462 Å². The van der Waals surface area contributed by atoms with Crippen molar-refractivity contribution in [3.8, 4) is 34.5 Å². The van der Waals surface area contributed by atoms with Crippen molar-refractivity contribution in [3.05, 3.63) is 167 Å². The van der Waals surface area contributed by atoms with Gasteiger partial charge in [0.15, 0.2) is 0 Å². The van der Waals surface area contributed by atoms with Gasteiger partial charge in [0, 0.05) is 49.7 Å². The van der Waals surface area contributed by atoms with E-state index in [4.69, 9.17) is 38.4 Å². The molecule has 0 radical (unpaired) electrons. The third-order valence-corrected chi connectivity index (χ3v) is 14.0. The lowest BCUT2D eigenvalue weighted by Crippen LogP contribution is -2.32. The van der Waals surface area contributed by atoms with Crippen LogP contribution in [0, 0.1) is 0 Å². The molecule has 0 fully saturated rings. The lowest BCUT2D eigenvalue weighted by atomic mass is 10.1. The lowest BCUT2D eigenvalue weighted by Gasteiger charge is -2.29. The number of hydrogen-bond acceptors (Lipinski definition) is 12. The number of carbonyl (C=O) groups is 2. The van der Waals surface area contributed by atoms with Crippen LogP contribution in [0.15, 0.2) is 143 Å². The van der Waals surface area contributed by atoms with Gasteiger partial charge in [-0.25, -0.2) is 9.59 Å². The number of esters is 2. The second-order valence-corrected chi connectivity index (χ2v) is 20.4. The Hall–Kier alpha value is -7.28. The van der Waals surface area contributed by atoms with Gasteiger partial charge in [-0.15, -0.1) is 0 Å². The second-order valence-electron chi connectivity index (χ2n) is 20.4. The van der Waals surface area contributed by atoms with Crippen molar-refractivity contribution in [2.24, 2.45) is 9.98 Å². The van der Waals surface area contributed by atoms with Gasteiger partial charge < -0.3 is 28.4 Å². The van der Waals surface area contributed by atoms with E-state index < -0.39 is 11.9 Å².